The molecule has 2 heterocycles. The summed E-state index contributed by atoms with van der Waals surface area (Å²) in [5, 5.41) is 6.66. The van der Waals surface area contributed by atoms with E-state index in [2.05, 4.69) is 10.5 Å². The highest BCUT2D eigenvalue weighted by Crippen LogP contribution is 2.33. The summed E-state index contributed by atoms with van der Waals surface area (Å²) in [5.74, 6) is 0.489. The quantitative estimate of drug-likeness (QED) is 0.737. The number of fused-ring (bicyclic) bond motifs is 1. The van der Waals surface area contributed by atoms with Gasteiger partial charge in [-0.2, -0.15) is 0 Å². The summed E-state index contributed by atoms with van der Waals surface area (Å²) in [6.45, 7) is 0. The maximum absolute atomic E-state index is 12.8. The molecule has 0 saturated heterocycles. The van der Waals surface area contributed by atoms with Crippen molar-refractivity contribution < 1.29 is 14.1 Å². The van der Waals surface area contributed by atoms with Gasteiger partial charge in [0.1, 0.15) is 11.8 Å². The fraction of sp³-hybridized carbons (Fsp3) is 0.190. The van der Waals surface area contributed by atoms with Gasteiger partial charge in [0.2, 0.25) is 5.91 Å². The van der Waals surface area contributed by atoms with E-state index in [1.807, 2.05) is 54.6 Å². The minimum absolute atomic E-state index is 0.154. The van der Waals surface area contributed by atoms with Gasteiger partial charge in [0.05, 0.1) is 5.69 Å². The molecule has 2 aromatic carbocycles. The van der Waals surface area contributed by atoms with E-state index >= 15 is 0 Å². The van der Waals surface area contributed by atoms with Gasteiger partial charge in [-0.25, -0.2) is 0 Å². The first-order valence-corrected chi connectivity index (χ1v) is 9.90. The van der Waals surface area contributed by atoms with Crippen LogP contribution in [0.25, 0.3) is 0 Å². The Morgan fingerprint density at radius 3 is 2.79 bits per heavy atom. The van der Waals surface area contributed by atoms with Crippen LogP contribution in [0.3, 0.4) is 0 Å². The molecular weight excluding hydrogens is 374 g/mol. The van der Waals surface area contributed by atoms with E-state index < -0.39 is 11.9 Å². The number of benzene rings is 2. The average molecular weight is 393 g/mol. The number of carbonyl (C=O) groups is 2. The van der Waals surface area contributed by atoms with Gasteiger partial charge in [0.25, 0.3) is 5.91 Å². The number of hydrogen-bond acceptors (Lipinski definition) is 5. The van der Waals surface area contributed by atoms with Gasteiger partial charge in [-0.1, -0.05) is 47.6 Å². The zero-order valence-electron chi connectivity index (χ0n) is 15.3. The molecule has 0 unspecified atom stereocenters. The molecule has 0 fully saturated rings. The van der Waals surface area contributed by atoms with Crippen molar-refractivity contribution in [2.45, 2.75) is 17.4 Å². The Labute approximate surface area is 166 Å². The van der Waals surface area contributed by atoms with Gasteiger partial charge in [-0.15, -0.1) is 11.8 Å². The standard InChI is InChI=1S/C21H19N3O3S/c1-24-18-9-5-6-10-19(18)28-13-17(21(24)26)22-20(25)16-12-15(27-23-16)11-14-7-3-2-4-8-14/h2-10,12,17H,11,13H2,1H3,(H,22,25)/t17-/m0/s1. The van der Waals surface area contributed by atoms with Crippen molar-refractivity contribution in [1.82, 2.24) is 10.5 Å². The minimum atomic E-state index is -0.635. The highest BCUT2D eigenvalue weighted by Gasteiger charge is 2.30. The summed E-state index contributed by atoms with van der Waals surface area (Å²) in [6.07, 6.45) is 0.553. The third-order valence-corrected chi connectivity index (χ3v) is 5.74. The molecule has 1 atom stereocenters. The fourth-order valence-electron chi connectivity index (χ4n) is 3.09. The van der Waals surface area contributed by atoms with Crippen LogP contribution in [0, 0.1) is 0 Å². The van der Waals surface area contributed by atoms with Crippen LogP contribution in [0.4, 0.5) is 5.69 Å². The van der Waals surface area contributed by atoms with Crippen molar-refractivity contribution in [2.24, 2.45) is 0 Å². The van der Waals surface area contributed by atoms with Crippen molar-refractivity contribution in [2.75, 3.05) is 17.7 Å². The van der Waals surface area contributed by atoms with E-state index in [9.17, 15) is 9.59 Å². The number of likely N-dealkylation sites (N-methyl/N-ethyl adjacent to an activating group) is 1. The van der Waals surface area contributed by atoms with Crippen molar-refractivity contribution in [3.63, 3.8) is 0 Å². The van der Waals surface area contributed by atoms with Gasteiger partial charge < -0.3 is 14.7 Å². The molecule has 28 heavy (non-hydrogen) atoms. The lowest BCUT2D eigenvalue weighted by molar-refractivity contribution is -0.119. The van der Waals surface area contributed by atoms with Gasteiger partial charge in [0.15, 0.2) is 5.69 Å². The number of carbonyl (C=O) groups excluding carboxylic acids is 2. The molecule has 1 aliphatic rings. The first kappa shape index (κ1) is 18.3. The maximum atomic E-state index is 12.8. The Balaban J connectivity index is 1.45. The van der Waals surface area contributed by atoms with Crippen LogP contribution in [0.2, 0.25) is 0 Å². The third-order valence-electron chi connectivity index (χ3n) is 4.58. The second-order valence-corrected chi connectivity index (χ2v) is 7.60. The lowest BCUT2D eigenvalue weighted by Crippen LogP contribution is -2.48. The monoisotopic (exact) mass is 393 g/mol. The largest absolute Gasteiger partial charge is 0.360 e. The van der Waals surface area contributed by atoms with E-state index in [0.717, 1.165) is 16.1 Å². The van der Waals surface area contributed by atoms with E-state index in [1.165, 1.54) is 0 Å². The first-order valence-electron chi connectivity index (χ1n) is 8.91. The Kier molecular flexibility index (Phi) is 5.16. The van der Waals surface area contributed by atoms with Crippen LogP contribution in [0.1, 0.15) is 21.8 Å². The highest BCUT2D eigenvalue weighted by molar-refractivity contribution is 7.99. The Morgan fingerprint density at radius 1 is 1.21 bits per heavy atom. The number of hydrogen-bond donors (Lipinski definition) is 1. The molecule has 1 N–H and O–H groups in total. The summed E-state index contributed by atoms with van der Waals surface area (Å²) in [6, 6.07) is 18.5. The summed E-state index contributed by atoms with van der Waals surface area (Å²) in [4.78, 5) is 28.0. The van der Waals surface area contributed by atoms with Crippen molar-refractivity contribution in [3.05, 3.63) is 77.7 Å². The Bertz CT molecular complexity index is 1000. The van der Waals surface area contributed by atoms with Crippen LogP contribution in [-0.4, -0.2) is 35.8 Å². The predicted molar refractivity (Wildman–Crippen MR) is 108 cm³/mol. The van der Waals surface area contributed by atoms with Gasteiger partial charge in [0, 0.05) is 30.2 Å². The van der Waals surface area contributed by atoms with Crippen molar-refractivity contribution in [3.8, 4) is 0 Å². The molecule has 6 nitrogen and oxygen atoms in total. The molecule has 1 aliphatic heterocycles. The predicted octanol–water partition coefficient (Wildman–Crippen LogP) is 3.13. The van der Waals surface area contributed by atoms with E-state index in [0.29, 0.717) is 17.9 Å². The molecule has 2 amide bonds. The number of nitrogens with zero attached hydrogens (tertiary/aromatic N) is 2. The molecule has 0 spiro atoms. The molecule has 142 valence electrons. The smallest absolute Gasteiger partial charge is 0.274 e. The molecule has 7 heteroatoms. The number of rotatable bonds is 4. The number of thioether (sulfide) groups is 1. The highest BCUT2D eigenvalue weighted by atomic mass is 32.2. The summed E-state index contributed by atoms with van der Waals surface area (Å²) in [5.41, 5.74) is 2.09. The maximum Gasteiger partial charge on any atom is 0.274 e. The molecular formula is C21H19N3O3S. The first-order chi connectivity index (χ1) is 13.6. The van der Waals surface area contributed by atoms with Crippen LogP contribution in [0.15, 0.2) is 70.1 Å². The number of para-hydroxylation sites is 1. The normalized spacial score (nSPS) is 16.4. The van der Waals surface area contributed by atoms with Gasteiger partial charge in [-0.05, 0) is 17.7 Å². The lowest BCUT2D eigenvalue weighted by atomic mass is 10.1. The summed E-state index contributed by atoms with van der Waals surface area (Å²) < 4.78 is 5.29. The lowest BCUT2D eigenvalue weighted by Gasteiger charge is -2.21. The number of aromatic nitrogens is 1. The molecule has 4 rings (SSSR count). The minimum Gasteiger partial charge on any atom is -0.360 e. The second kappa shape index (κ2) is 7.90. The summed E-state index contributed by atoms with van der Waals surface area (Å²) in [7, 11) is 1.72. The molecule has 1 aromatic heterocycles. The van der Waals surface area contributed by atoms with Crippen molar-refractivity contribution in [1.29, 1.82) is 0 Å². The van der Waals surface area contributed by atoms with Crippen LogP contribution >= 0.6 is 11.8 Å². The van der Waals surface area contributed by atoms with E-state index in [-0.39, 0.29) is 11.6 Å². The summed E-state index contributed by atoms with van der Waals surface area (Å²) >= 11 is 1.55. The molecule has 0 radical (unpaired) electrons. The van der Waals surface area contributed by atoms with Gasteiger partial charge >= 0.3 is 0 Å². The number of amides is 2. The van der Waals surface area contributed by atoms with Crippen LogP contribution in [-0.2, 0) is 11.2 Å². The molecule has 0 saturated carbocycles. The zero-order valence-corrected chi connectivity index (χ0v) is 16.1. The van der Waals surface area contributed by atoms with Crippen LogP contribution < -0.4 is 10.2 Å². The number of nitrogens with one attached hydrogen (secondary N) is 1. The van der Waals surface area contributed by atoms with Crippen LogP contribution in [0.5, 0.6) is 0 Å². The van der Waals surface area contributed by atoms with Gasteiger partial charge in [-0.3, -0.25) is 9.59 Å². The molecule has 3 aromatic rings. The Hall–Kier alpha value is -3.06. The average Bonchev–Trinajstić information content (AvgIpc) is 3.15. The zero-order chi connectivity index (χ0) is 19.5. The second-order valence-electron chi connectivity index (χ2n) is 6.54. The number of anilines is 1. The topological polar surface area (TPSA) is 75.4 Å². The fourth-order valence-corrected chi connectivity index (χ4v) is 4.19. The SMILES string of the molecule is CN1C(=O)[C@@H](NC(=O)c2cc(Cc3ccccc3)on2)CSc2ccccc21. The van der Waals surface area contributed by atoms with E-state index in [1.54, 1.807) is 29.8 Å². The molecule has 0 bridgehead atoms. The Morgan fingerprint density at radius 2 is 1.96 bits per heavy atom. The molecule has 0 aliphatic carbocycles. The third kappa shape index (κ3) is 3.80. The van der Waals surface area contributed by atoms with E-state index in [4.69, 9.17) is 4.52 Å². The van der Waals surface area contributed by atoms with Crippen molar-refractivity contribution >= 4 is 29.3 Å².